The first-order valence-electron chi connectivity index (χ1n) is 7.95. The Morgan fingerprint density at radius 3 is 3.00 bits per heavy atom. The van der Waals surface area contributed by atoms with Crippen molar-refractivity contribution in [3.63, 3.8) is 0 Å². The molecule has 3 rings (SSSR count). The molecule has 2 fully saturated rings. The van der Waals surface area contributed by atoms with Gasteiger partial charge in [-0.15, -0.1) is 0 Å². The number of carbonyl (C=O) groups is 1. The van der Waals surface area contributed by atoms with Crippen molar-refractivity contribution in [1.82, 2.24) is 10.2 Å². The van der Waals surface area contributed by atoms with Crippen LogP contribution in [0.3, 0.4) is 0 Å². The van der Waals surface area contributed by atoms with Crippen LogP contribution in [0.4, 0.5) is 0 Å². The van der Waals surface area contributed by atoms with Crippen molar-refractivity contribution < 1.29 is 9.53 Å². The van der Waals surface area contributed by atoms with Gasteiger partial charge in [0.2, 0.25) is 5.91 Å². The Morgan fingerprint density at radius 2 is 2.24 bits per heavy atom. The average molecular weight is 288 g/mol. The second-order valence-corrected chi connectivity index (χ2v) is 6.01. The lowest BCUT2D eigenvalue weighted by Crippen LogP contribution is -2.42. The van der Waals surface area contributed by atoms with Gasteiger partial charge in [-0.2, -0.15) is 0 Å². The minimum Gasteiger partial charge on any atom is -0.497 e. The Bertz CT molecular complexity index is 497. The summed E-state index contributed by atoms with van der Waals surface area (Å²) in [5.41, 5.74) is 1.20. The lowest BCUT2D eigenvalue weighted by Gasteiger charge is -2.31. The zero-order valence-corrected chi connectivity index (χ0v) is 12.7. The summed E-state index contributed by atoms with van der Waals surface area (Å²) in [5.74, 6) is 1.35. The third-order valence-electron chi connectivity index (χ3n) is 4.66. The van der Waals surface area contributed by atoms with Crippen LogP contribution in [0, 0.1) is 5.92 Å². The number of carbonyl (C=O) groups excluding carboxylic acids is 1. The maximum Gasteiger partial charge on any atom is 0.227 e. The number of likely N-dealkylation sites (tertiary alicyclic amines) is 1. The lowest BCUT2D eigenvalue weighted by molar-refractivity contribution is -0.137. The quantitative estimate of drug-likeness (QED) is 0.928. The third kappa shape index (κ3) is 3.05. The fourth-order valence-corrected chi connectivity index (χ4v) is 3.52. The zero-order valence-electron chi connectivity index (χ0n) is 12.7. The van der Waals surface area contributed by atoms with E-state index in [1.54, 1.807) is 7.11 Å². The maximum absolute atomic E-state index is 12.8. The molecule has 1 N–H and O–H groups in total. The summed E-state index contributed by atoms with van der Waals surface area (Å²) in [6, 6.07) is 8.36. The summed E-state index contributed by atoms with van der Waals surface area (Å²) in [4.78, 5) is 14.9. The lowest BCUT2D eigenvalue weighted by atomic mass is 9.96. The monoisotopic (exact) mass is 288 g/mol. The van der Waals surface area contributed by atoms with Crippen LogP contribution >= 0.6 is 0 Å². The largest absolute Gasteiger partial charge is 0.497 e. The van der Waals surface area contributed by atoms with Gasteiger partial charge in [0.25, 0.3) is 0 Å². The molecule has 114 valence electrons. The molecule has 2 aliphatic rings. The van der Waals surface area contributed by atoms with Crippen LogP contribution in [0.15, 0.2) is 24.3 Å². The Labute approximate surface area is 126 Å². The second-order valence-electron chi connectivity index (χ2n) is 6.01. The van der Waals surface area contributed by atoms with E-state index in [1.807, 2.05) is 12.1 Å². The van der Waals surface area contributed by atoms with Gasteiger partial charge in [-0.1, -0.05) is 12.1 Å². The molecule has 2 heterocycles. The number of methoxy groups -OCH3 is 1. The number of benzene rings is 1. The van der Waals surface area contributed by atoms with Crippen molar-refractivity contribution in [1.29, 1.82) is 0 Å². The summed E-state index contributed by atoms with van der Waals surface area (Å²) in [5, 5.41) is 3.34. The highest BCUT2D eigenvalue weighted by Gasteiger charge is 2.34. The summed E-state index contributed by atoms with van der Waals surface area (Å²) < 4.78 is 5.31. The van der Waals surface area contributed by atoms with Gasteiger partial charge in [0.15, 0.2) is 0 Å². The highest BCUT2D eigenvalue weighted by molar-refractivity contribution is 5.80. The van der Waals surface area contributed by atoms with Gasteiger partial charge in [-0.25, -0.2) is 0 Å². The predicted molar refractivity (Wildman–Crippen MR) is 82.3 cm³/mol. The van der Waals surface area contributed by atoms with Crippen molar-refractivity contribution in [2.24, 2.45) is 5.92 Å². The molecule has 0 aliphatic carbocycles. The normalized spacial score (nSPS) is 25.9. The molecule has 0 radical (unpaired) electrons. The third-order valence-corrected chi connectivity index (χ3v) is 4.66. The van der Waals surface area contributed by atoms with E-state index in [1.165, 1.54) is 5.56 Å². The van der Waals surface area contributed by atoms with Gasteiger partial charge in [-0.3, -0.25) is 4.79 Å². The first-order valence-corrected chi connectivity index (χ1v) is 7.95. The fourth-order valence-electron chi connectivity index (χ4n) is 3.52. The molecule has 21 heavy (non-hydrogen) atoms. The summed E-state index contributed by atoms with van der Waals surface area (Å²) in [7, 11) is 1.68. The summed E-state index contributed by atoms with van der Waals surface area (Å²) in [6.45, 7) is 2.76. The molecule has 2 atom stereocenters. The average Bonchev–Trinajstić information content (AvgIpc) is 3.04. The number of hydrogen-bond acceptors (Lipinski definition) is 3. The van der Waals surface area contributed by atoms with E-state index in [-0.39, 0.29) is 12.0 Å². The second kappa shape index (κ2) is 6.48. The minimum absolute atomic E-state index is 0.157. The van der Waals surface area contributed by atoms with E-state index in [2.05, 4.69) is 22.3 Å². The van der Waals surface area contributed by atoms with Crippen LogP contribution in [-0.2, 0) is 4.79 Å². The van der Waals surface area contributed by atoms with Crippen molar-refractivity contribution >= 4 is 5.91 Å². The van der Waals surface area contributed by atoms with E-state index >= 15 is 0 Å². The number of amides is 1. The molecule has 2 aliphatic heterocycles. The van der Waals surface area contributed by atoms with Crippen LogP contribution in [0.1, 0.15) is 37.3 Å². The van der Waals surface area contributed by atoms with E-state index in [0.29, 0.717) is 5.91 Å². The molecule has 4 nitrogen and oxygen atoms in total. The van der Waals surface area contributed by atoms with Crippen LogP contribution < -0.4 is 10.1 Å². The number of nitrogens with one attached hydrogen (secondary N) is 1. The SMILES string of the molecule is COc1cccc(C2CCCN2C(=O)[C@H]2CCCNC2)c1. The first-order chi connectivity index (χ1) is 10.3. The smallest absolute Gasteiger partial charge is 0.227 e. The van der Waals surface area contributed by atoms with Crippen LogP contribution in [0.5, 0.6) is 5.75 Å². The van der Waals surface area contributed by atoms with Crippen LogP contribution in [0.2, 0.25) is 0 Å². The Hall–Kier alpha value is -1.55. The molecule has 1 unspecified atom stereocenters. The molecule has 2 saturated heterocycles. The van der Waals surface area contributed by atoms with E-state index in [4.69, 9.17) is 4.74 Å². The fraction of sp³-hybridized carbons (Fsp3) is 0.588. The van der Waals surface area contributed by atoms with Gasteiger partial charge in [0.05, 0.1) is 19.1 Å². The van der Waals surface area contributed by atoms with Crippen molar-refractivity contribution in [2.75, 3.05) is 26.7 Å². The number of rotatable bonds is 3. The molecule has 0 bridgehead atoms. The zero-order chi connectivity index (χ0) is 14.7. The van der Waals surface area contributed by atoms with Gasteiger partial charge in [0.1, 0.15) is 5.75 Å². The minimum atomic E-state index is 0.157. The Kier molecular flexibility index (Phi) is 4.44. The van der Waals surface area contributed by atoms with Gasteiger partial charge in [0, 0.05) is 13.1 Å². The van der Waals surface area contributed by atoms with E-state index in [9.17, 15) is 4.79 Å². The van der Waals surface area contributed by atoms with Gasteiger partial charge < -0.3 is 15.0 Å². The molecular formula is C17H24N2O2. The standard InChI is InChI=1S/C17H24N2O2/c1-21-15-7-2-5-13(11-15)16-8-4-10-19(16)17(20)14-6-3-9-18-12-14/h2,5,7,11,14,16,18H,3-4,6,8-10,12H2,1H3/t14-,16?/m0/s1. The summed E-state index contributed by atoms with van der Waals surface area (Å²) in [6.07, 6.45) is 4.27. The highest BCUT2D eigenvalue weighted by Crippen LogP contribution is 2.35. The van der Waals surface area contributed by atoms with Crippen LogP contribution in [0.25, 0.3) is 0 Å². The Balaban J connectivity index is 1.76. The van der Waals surface area contributed by atoms with Crippen LogP contribution in [-0.4, -0.2) is 37.6 Å². The van der Waals surface area contributed by atoms with E-state index in [0.717, 1.165) is 51.1 Å². The highest BCUT2D eigenvalue weighted by atomic mass is 16.5. The number of ether oxygens (including phenoxy) is 1. The molecule has 4 heteroatoms. The van der Waals surface area contributed by atoms with Gasteiger partial charge in [-0.05, 0) is 49.9 Å². The van der Waals surface area contributed by atoms with Crippen molar-refractivity contribution in [2.45, 2.75) is 31.7 Å². The van der Waals surface area contributed by atoms with Gasteiger partial charge >= 0.3 is 0 Å². The molecule has 0 spiro atoms. The van der Waals surface area contributed by atoms with Crippen molar-refractivity contribution in [3.8, 4) is 5.75 Å². The molecule has 0 aromatic heterocycles. The number of piperidine rings is 1. The summed E-state index contributed by atoms with van der Waals surface area (Å²) >= 11 is 0. The Morgan fingerprint density at radius 1 is 1.33 bits per heavy atom. The molecule has 1 amide bonds. The molecule has 0 saturated carbocycles. The van der Waals surface area contributed by atoms with Crippen molar-refractivity contribution in [3.05, 3.63) is 29.8 Å². The predicted octanol–water partition coefficient (Wildman–Crippen LogP) is 2.36. The molecule has 1 aromatic rings. The number of hydrogen-bond donors (Lipinski definition) is 1. The molecular weight excluding hydrogens is 264 g/mol. The number of nitrogens with zero attached hydrogens (tertiary/aromatic N) is 1. The van der Waals surface area contributed by atoms with E-state index < -0.39 is 0 Å². The maximum atomic E-state index is 12.8. The topological polar surface area (TPSA) is 41.6 Å². The first kappa shape index (κ1) is 14.4. The molecule has 1 aromatic carbocycles.